The molecule has 2 saturated heterocycles. The van der Waals surface area contributed by atoms with E-state index in [2.05, 4.69) is 5.32 Å². The van der Waals surface area contributed by atoms with Crippen molar-refractivity contribution in [1.82, 2.24) is 10.2 Å². The Morgan fingerprint density at radius 1 is 1.35 bits per heavy atom. The fourth-order valence-corrected chi connectivity index (χ4v) is 2.50. The zero-order chi connectivity index (χ0) is 11.8. The van der Waals surface area contributed by atoms with E-state index in [4.69, 9.17) is 16.3 Å². The van der Waals surface area contributed by atoms with Crippen LogP contribution in [-0.2, 0) is 11.3 Å². The zero-order valence-electron chi connectivity index (χ0n) is 9.23. The number of ether oxygens (including phenoxy) is 1. The molecular weight excluding hydrogens is 240 g/mol. The van der Waals surface area contributed by atoms with Crippen LogP contribution < -0.4 is 5.32 Å². The topological polar surface area (TPSA) is 41.6 Å². The molecule has 0 saturated carbocycles. The molecule has 0 bridgehead atoms. The molecule has 0 radical (unpaired) electrons. The van der Waals surface area contributed by atoms with E-state index in [1.165, 1.54) is 0 Å². The average molecular weight is 253 g/mol. The molecule has 2 unspecified atom stereocenters. The minimum atomic E-state index is -0.212. The second-order valence-electron chi connectivity index (χ2n) is 4.40. The lowest BCUT2D eigenvalue weighted by Crippen LogP contribution is -2.36. The number of halogens is 1. The van der Waals surface area contributed by atoms with E-state index >= 15 is 0 Å². The van der Waals surface area contributed by atoms with E-state index in [0.717, 1.165) is 18.7 Å². The molecule has 3 rings (SSSR count). The summed E-state index contributed by atoms with van der Waals surface area (Å²) in [5.41, 5.74) is 1.07. The van der Waals surface area contributed by atoms with Gasteiger partial charge in [-0.3, -0.25) is 4.90 Å². The number of fused-ring (bicyclic) bond motifs is 1. The molecule has 2 aliphatic heterocycles. The van der Waals surface area contributed by atoms with Crippen LogP contribution in [0.2, 0.25) is 5.02 Å². The highest BCUT2D eigenvalue weighted by Gasteiger charge is 2.44. The van der Waals surface area contributed by atoms with Gasteiger partial charge in [-0.2, -0.15) is 0 Å². The first-order valence-electron chi connectivity index (χ1n) is 5.66. The molecule has 1 aromatic carbocycles. The molecule has 90 valence electrons. The van der Waals surface area contributed by atoms with Crippen LogP contribution in [0.5, 0.6) is 0 Å². The van der Waals surface area contributed by atoms with Crippen molar-refractivity contribution in [3.63, 3.8) is 0 Å². The minimum Gasteiger partial charge on any atom is -0.442 e. The summed E-state index contributed by atoms with van der Waals surface area (Å²) in [6.45, 7) is 2.15. The van der Waals surface area contributed by atoms with Crippen LogP contribution in [0, 0.1) is 0 Å². The van der Waals surface area contributed by atoms with Gasteiger partial charge in [0.1, 0.15) is 6.10 Å². The van der Waals surface area contributed by atoms with Gasteiger partial charge in [-0.05, 0) is 17.7 Å². The van der Waals surface area contributed by atoms with Crippen molar-refractivity contribution in [2.45, 2.75) is 18.7 Å². The monoisotopic (exact) mass is 252 g/mol. The molecule has 1 N–H and O–H groups in total. The highest BCUT2D eigenvalue weighted by Crippen LogP contribution is 2.24. The number of carbonyl (C=O) groups excluding carboxylic acids is 1. The highest BCUT2D eigenvalue weighted by atomic mass is 35.5. The minimum absolute atomic E-state index is 0.00907. The lowest BCUT2D eigenvalue weighted by Gasteiger charge is -2.19. The van der Waals surface area contributed by atoms with E-state index in [-0.39, 0.29) is 18.2 Å². The van der Waals surface area contributed by atoms with Crippen LogP contribution in [-0.4, -0.2) is 36.2 Å². The zero-order valence-corrected chi connectivity index (χ0v) is 9.98. The largest absolute Gasteiger partial charge is 0.442 e. The number of amides is 1. The number of hydrogen-bond donors (Lipinski definition) is 1. The average Bonchev–Trinajstić information content (AvgIpc) is 2.85. The molecule has 17 heavy (non-hydrogen) atoms. The van der Waals surface area contributed by atoms with Crippen LogP contribution in [0.15, 0.2) is 24.3 Å². The molecule has 5 heteroatoms. The Bertz CT molecular complexity index is 435. The van der Waals surface area contributed by atoms with Gasteiger partial charge in [0, 0.05) is 24.7 Å². The number of rotatable bonds is 2. The Morgan fingerprint density at radius 2 is 2.12 bits per heavy atom. The van der Waals surface area contributed by atoms with Crippen LogP contribution in [0.4, 0.5) is 4.79 Å². The lowest BCUT2D eigenvalue weighted by molar-refractivity contribution is 0.133. The number of carbonyl (C=O) groups is 1. The maximum Gasteiger partial charge on any atom is 0.410 e. The summed E-state index contributed by atoms with van der Waals surface area (Å²) in [6, 6.07) is 7.71. The molecule has 1 amide bonds. The van der Waals surface area contributed by atoms with Crippen molar-refractivity contribution in [2.75, 3.05) is 13.1 Å². The molecular formula is C12H13ClN2O2. The van der Waals surface area contributed by atoms with Crippen molar-refractivity contribution in [3.05, 3.63) is 34.9 Å². The SMILES string of the molecule is O=C1OC2CNCC2N1Cc1ccc(Cl)cc1. The van der Waals surface area contributed by atoms with Crippen molar-refractivity contribution >= 4 is 17.7 Å². The Balaban J connectivity index is 1.76. The van der Waals surface area contributed by atoms with E-state index < -0.39 is 0 Å². The van der Waals surface area contributed by atoms with Crippen molar-refractivity contribution in [1.29, 1.82) is 0 Å². The predicted octanol–water partition coefficient (Wildman–Crippen LogP) is 1.63. The van der Waals surface area contributed by atoms with Crippen LogP contribution in [0.25, 0.3) is 0 Å². The Kier molecular flexibility index (Phi) is 2.68. The van der Waals surface area contributed by atoms with Crippen LogP contribution >= 0.6 is 11.6 Å². The van der Waals surface area contributed by atoms with Crippen molar-refractivity contribution < 1.29 is 9.53 Å². The quantitative estimate of drug-likeness (QED) is 0.870. The second-order valence-corrected chi connectivity index (χ2v) is 4.84. The first kappa shape index (κ1) is 10.9. The third-order valence-electron chi connectivity index (χ3n) is 3.28. The summed E-state index contributed by atoms with van der Waals surface area (Å²) in [6.07, 6.45) is -0.203. The third kappa shape index (κ3) is 1.98. The molecule has 0 spiro atoms. The molecule has 2 fully saturated rings. The van der Waals surface area contributed by atoms with E-state index in [1.54, 1.807) is 4.90 Å². The smallest absolute Gasteiger partial charge is 0.410 e. The molecule has 4 nitrogen and oxygen atoms in total. The number of hydrogen-bond acceptors (Lipinski definition) is 3. The molecule has 2 atom stereocenters. The van der Waals surface area contributed by atoms with Crippen molar-refractivity contribution in [3.8, 4) is 0 Å². The Labute approximate surface area is 104 Å². The van der Waals surface area contributed by atoms with Gasteiger partial charge in [-0.15, -0.1) is 0 Å². The summed E-state index contributed by atoms with van der Waals surface area (Å²) in [4.78, 5) is 13.5. The number of nitrogens with zero attached hydrogens (tertiary/aromatic N) is 1. The normalized spacial score (nSPS) is 27.1. The molecule has 0 aromatic heterocycles. The number of benzene rings is 1. The lowest BCUT2D eigenvalue weighted by atomic mass is 10.1. The van der Waals surface area contributed by atoms with Gasteiger partial charge in [0.25, 0.3) is 0 Å². The second kappa shape index (κ2) is 4.20. The molecule has 0 aliphatic carbocycles. The maximum atomic E-state index is 11.7. The molecule has 1 aromatic rings. The first-order chi connectivity index (χ1) is 8.24. The van der Waals surface area contributed by atoms with Gasteiger partial charge in [0.05, 0.1) is 6.04 Å². The van der Waals surface area contributed by atoms with Crippen LogP contribution in [0.3, 0.4) is 0 Å². The van der Waals surface area contributed by atoms with E-state index in [0.29, 0.717) is 11.6 Å². The Morgan fingerprint density at radius 3 is 2.88 bits per heavy atom. The fraction of sp³-hybridized carbons (Fsp3) is 0.417. The molecule has 2 heterocycles. The van der Waals surface area contributed by atoms with Gasteiger partial charge in [0.15, 0.2) is 0 Å². The maximum absolute atomic E-state index is 11.7. The fourth-order valence-electron chi connectivity index (χ4n) is 2.37. The summed E-state index contributed by atoms with van der Waals surface area (Å²) in [7, 11) is 0. The molecule has 2 aliphatic rings. The van der Waals surface area contributed by atoms with Gasteiger partial charge < -0.3 is 10.1 Å². The summed E-state index contributed by atoms with van der Waals surface area (Å²) < 4.78 is 5.29. The van der Waals surface area contributed by atoms with Gasteiger partial charge in [-0.25, -0.2) is 4.79 Å². The van der Waals surface area contributed by atoms with Crippen LogP contribution in [0.1, 0.15) is 5.56 Å². The van der Waals surface area contributed by atoms with E-state index in [9.17, 15) is 4.79 Å². The van der Waals surface area contributed by atoms with Gasteiger partial charge in [0.2, 0.25) is 0 Å². The van der Waals surface area contributed by atoms with Gasteiger partial charge >= 0.3 is 6.09 Å². The Hall–Kier alpha value is -1.26. The third-order valence-corrected chi connectivity index (χ3v) is 3.53. The predicted molar refractivity (Wildman–Crippen MR) is 63.9 cm³/mol. The standard InChI is InChI=1S/C12H13ClN2O2/c13-9-3-1-8(2-4-9)7-15-10-5-14-6-11(10)17-12(15)16/h1-4,10-11,14H,5-7H2. The first-order valence-corrected chi connectivity index (χ1v) is 6.04. The summed E-state index contributed by atoms with van der Waals surface area (Å²) in [5.74, 6) is 0. The van der Waals surface area contributed by atoms with E-state index in [1.807, 2.05) is 24.3 Å². The number of nitrogens with one attached hydrogen (secondary N) is 1. The highest BCUT2D eigenvalue weighted by molar-refractivity contribution is 6.30. The summed E-state index contributed by atoms with van der Waals surface area (Å²) in [5, 5.41) is 3.94. The summed E-state index contributed by atoms with van der Waals surface area (Å²) >= 11 is 5.83. The van der Waals surface area contributed by atoms with Crippen molar-refractivity contribution in [2.24, 2.45) is 0 Å². The van der Waals surface area contributed by atoms with Gasteiger partial charge in [-0.1, -0.05) is 23.7 Å².